The lowest BCUT2D eigenvalue weighted by molar-refractivity contribution is 0.0933. The van der Waals surface area contributed by atoms with Crippen molar-refractivity contribution in [2.24, 2.45) is 0 Å². The first-order valence-electron chi connectivity index (χ1n) is 6.45. The molecule has 1 atom stereocenters. The summed E-state index contributed by atoms with van der Waals surface area (Å²) in [5.74, 6) is 0. The van der Waals surface area contributed by atoms with E-state index in [1.807, 2.05) is 0 Å². The van der Waals surface area contributed by atoms with Crippen LogP contribution < -0.4 is 10.4 Å². The van der Waals surface area contributed by atoms with Crippen molar-refractivity contribution in [3.05, 3.63) is 57.5 Å². The Morgan fingerprint density at radius 2 is 2.11 bits per heavy atom. The molecule has 0 radical (unpaired) electrons. The molecule has 4 aliphatic rings. The van der Waals surface area contributed by atoms with Crippen LogP contribution in [0, 0.1) is 0 Å². The molecule has 2 bridgehead atoms. The lowest BCUT2D eigenvalue weighted by atomic mass is 9.86. The minimum absolute atomic E-state index is 0.136. The van der Waals surface area contributed by atoms with Crippen LogP contribution in [0.15, 0.2) is 35.9 Å². The molecule has 86 valence electrons. The summed E-state index contributed by atoms with van der Waals surface area (Å²) in [6.45, 7) is 0.807. The predicted octanol–water partition coefficient (Wildman–Crippen LogP) is 1.77. The molecule has 1 unspecified atom stereocenters. The van der Waals surface area contributed by atoms with Gasteiger partial charge >= 0.3 is 0 Å². The lowest BCUT2D eigenvalue weighted by Gasteiger charge is -2.28. The minimum Gasteiger partial charge on any atom is -0.361 e. The second-order valence-electron chi connectivity index (χ2n) is 5.46. The monoisotopic (exact) mass is 232 g/mol. The van der Waals surface area contributed by atoms with E-state index in [2.05, 4.69) is 48.6 Å². The highest BCUT2D eigenvalue weighted by Crippen LogP contribution is 2.46. The number of hydrogen-bond donors (Lipinski definition) is 0. The Kier molecular flexibility index (Phi) is 1.40. The summed E-state index contributed by atoms with van der Waals surface area (Å²) in [7, 11) is 0. The number of allylic oxidation sites excluding steroid dienone is 1. The zero-order valence-electron chi connectivity index (χ0n) is 9.94. The van der Waals surface area contributed by atoms with Crippen molar-refractivity contribution in [2.45, 2.75) is 12.0 Å². The molecule has 1 saturated heterocycles. The second-order valence-corrected chi connectivity index (χ2v) is 5.46. The molecule has 1 aromatic rings. The molecule has 3 aliphatic carbocycles. The van der Waals surface area contributed by atoms with Gasteiger partial charge in [0.25, 0.3) is 0 Å². The Labute approximate surface area is 105 Å². The second kappa shape index (κ2) is 2.76. The third kappa shape index (κ3) is 0.898. The highest BCUT2D eigenvalue weighted by molar-refractivity contribution is 5.85. The van der Waals surface area contributed by atoms with Gasteiger partial charge in [0.15, 0.2) is 0 Å². The summed E-state index contributed by atoms with van der Waals surface area (Å²) < 4.78 is 6.00. The maximum atomic E-state index is 6.00. The van der Waals surface area contributed by atoms with Gasteiger partial charge < -0.3 is 4.74 Å². The van der Waals surface area contributed by atoms with Crippen molar-refractivity contribution in [1.82, 2.24) is 0 Å². The minimum atomic E-state index is -0.136. The molecular formula is C17H12O. The standard InChI is InChI=1S/C17H12O/c1-2-12-4-5-15-14(13(12)3-1)6-7-17-9-11(10-18-17)8-16(15)17/h1-8H,9-10H2. The fraction of sp³-hybridized carbons (Fsp3) is 0.176. The van der Waals surface area contributed by atoms with Crippen LogP contribution in [-0.4, -0.2) is 12.2 Å². The van der Waals surface area contributed by atoms with Crippen LogP contribution in [0.4, 0.5) is 0 Å². The number of hydrogen-bond acceptors (Lipinski definition) is 1. The van der Waals surface area contributed by atoms with E-state index in [4.69, 9.17) is 4.74 Å². The Morgan fingerprint density at radius 1 is 1.11 bits per heavy atom. The van der Waals surface area contributed by atoms with Crippen LogP contribution in [0.5, 0.6) is 0 Å². The summed E-state index contributed by atoms with van der Waals surface area (Å²) in [5, 5.41) is 2.68. The van der Waals surface area contributed by atoms with Gasteiger partial charge in [0.05, 0.1) is 6.61 Å². The molecule has 0 N–H and O–H groups in total. The van der Waals surface area contributed by atoms with Crippen LogP contribution in [0.25, 0.3) is 23.8 Å². The van der Waals surface area contributed by atoms with E-state index in [-0.39, 0.29) is 5.60 Å². The number of rotatable bonds is 0. The van der Waals surface area contributed by atoms with Crippen LogP contribution in [0.1, 0.15) is 17.5 Å². The van der Waals surface area contributed by atoms with E-state index in [1.165, 1.54) is 32.7 Å². The number of benzene rings is 1. The van der Waals surface area contributed by atoms with Crippen molar-refractivity contribution < 1.29 is 4.74 Å². The zero-order chi connectivity index (χ0) is 11.7. The van der Waals surface area contributed by atoms with Gasteiger partial charge in [0.2, 0.25) is 0 Å². The van der Waals surface area contributed by atoms with Gasteiger partial charge in [0, 0.05) is 6.42 Å². The predicted molar refractivity (Wildman–Crippen MR) is 73.0 cm³/mol. The molecule has 1 heteroatoms. The van der Waals surface area contributed by atoms with Gasteiger partial charge in [-0.15, -0.1) is 0 Å². The van der Waals surface area contributed by atoms with Gasteiger partial charge in [-0.25, -0.2) is 0 Å². The highest BCUT2D eigenvalue weighted by Gasteiger charge is 2.44. The average Bonchev–Trinajstić information content (AvgIpc) is 3.10. The van der Waals surface area contributed by atoms with E-state index < -0.39 is 0 Å². The topological polar surface area (TPSA) is 9.23 Å². The summed E-state index contributed by atoms with van der Waals surface area (Å²) in [6, 6.07) is 4.47. The molecule has 1 aliphatic heterocycles. The molecule has 1 fully saturated rings. The molecule has 0 aromatic heterocycles. The Hall–Kier alpha value is -1.86. The summed E-state index contributed by atoms with van der Waals surface area (Å²) in [6.07, 6.45) is 14.4. The fourth-order valence-corrected chi connectivity index (χ4v) is 3.62. The van der Waals surface area contributed by atoms with Crippen LogP contribution in [-0.2, 0) is 4.74 Å². The van der Waals surface area contributed by atoms with Crippen molar-refractivity contribution in [3.63, 3.8) is 0 Å². The van der Waals surface area contributed by atoms with Crippen molar-refractivity contribution in [1.29, 1.82) is 0 Å². The van der Waals surface area contributed by atoms with E-state index in [0.29, 0.717) is 0 Å². The largest absolute Gasteiger partial charge is 0.361 e. The van der Waals surface area contributed by atoms with Gasteiger partial charge in [-0.3, -0.25) is 0 Å². The molecule has 1 spiro atoms. The zero-order valence-corrected chi connectivity index (χ0v) is 9.94. The molecule has 18 heavy (non-hydrogen) atoms. The van der Waals surface area contributed by atoms with E-state index in [1.54, 1.807) is 0 Å². The first-order valence-corrected chi connectivity index (χ1v) is 6.45. The molecule has 0 amide bonds. The smallest absolute Gasteiger partial charge is 0.116 e. The third-order valence-electron chi connectivity index (χ3n) is 4.48. The highest BCUT2D eigenvalue weighted by atomic mass is 16.5. The number of fused-ring (bicyclic) bond motifs is 4. The SMILES string of the molecule is C1=Cc2c3c(ccc2=C1)=C1C=C2COC1(C=C3)C2. The van der Waals surface area contributed by atoms with Crippen molar-refractivity contribution in [3.8, 4) is 0 Å². The summed E-state index contributed by atoms with van der Waals surface area (Å²) >= 11 is 0. The van der Waals surface area contributed by atoms with Gasteiger partial charge in [-0.05, 0) is 38.8 Å². The first-order chi connectivity index (χ1) is 8.86. The Bertz CT molecular complexity index is 805. The normalized spacial score (nSPS) is 28.9. The van der Waals surface area contributed by atoms with Gasteiger partial charge in [0.1, 0.15) is 5.60 Å². The molecule has 5 rings (SSSR count). The van der Waals surface area contributed by atoms with E-state index in [0.717, 1.165) is 13.0 Å². The summed E-state index contributed by atoms with van der Waals surface area (Å²) in [5.41, 5.74) is 5.37. The molecule has 0 saturated carbocycles. The van der Waals surface area contributed by atoms with Crippen molar-refractivity contribution in [2.75, 3.05) is 6.61 Å². The molecular weight excluding hydrogens is 220 g/mol. The first kappa shape index (κ1) is 9.12. The van der Waals surface area contributed by atoms with Crippen LogP contribution in [0.2, 0.25) is 0 Å². The Balaban J connectivity index is 1.98. The van der Waals surface area contributed by atoms with Gasteiger partial charge in [-0.2, -0.15) is 0 Å². The maximum absolute atomic E-state index is 6.00. The van der Waals surface area contributed by atoms with E-state index >= 15 is 0 Å². The fourth-order valence-electron chi connectivity index (χ4n) is 3.62. The third-order valence-corrected chi connectivity index (χ3v) is 4.48. The maximum Gasteiger partial charge on any atom is 0.116 e. The summed E-state index contributed by atoms with van der Waals surface area (Å²) in [4.78, 5) is 0. The number of ether oxygens (including phenoxy) is 1. The van der Waals surface area contributed by atoms with Crippen molar-refractivity contribution >= 4 is 23.8 Å². The van der Waals surface area contributed by atoms with E-state index in [9.17, 15) is 0 Å². The molecule has 1 heterocycles. The van der Waals surface area contributed by atoms with Crippen LogP contribution >= 0.6 is 0 Å². The van der Waals surface area contributed by atoms with Gasteiger partial charge in [-0.1, -0.05) is 42.5 Å². The van der Waals surface area contributed by atoms with Crippen LogP contribution in [0.3, 0.4) is 0 Å². The average molecular weight is 232 g/mol. The molecule has 1 nitrogen and oxygen atoms in total. The quantitative estimate of drug-likeness (QED) is 0.662. The molecule has 1 aromatic carbocycles. The lowest BCUT2D eigenvalue weighted by Crippen LogP contribution is -2.34. The Morgan fingerprint density at radius 3 is 3.06 bits per heavy atom.